The highest BCUT2D eigenvalue weighted by Gasteiger charge is 2.28. The van der Waals surface area contributed by atoms with Crippen molar-refractivity contribution in [2.75, 3.05) is 5.73 Å². The van der Waals surface area contributed by atoms with Crippen molar-refractivity contribution in [2.45, 2.75) is 28.5 Å². The second-order valence-electron chi connectivity index (χ2n) is 9.04. The van der Waals surface area contributed by atoms with Crippen LogP contribution in [0.25, 0.3) is 10.8 Å². The SMILES string of the molecule is Cc1ccc(N=Nc2c(S(=O)(=O)O)cc3cc(S(=O)(=O)O)c(N=Nc4cc(C)c(F)cc4S(=O)(=O)O)c(O)c3c2N)cc1. The molecule has 0 aromatic heterocycles. The van der Waals surface area contributed by atoms with Gasteiger partial charge < -0.3 is 10.8 Å². The Morgan fingerprint density at radius 2 is 1.21 bits per heavy atom. The molecule has 0 spiro atoms. The number of anilines is 1. The molecule has 0 saturated heterocycles. The lowest BCUT2D eigenvalue weighted by Crippen LogP contribution is -2.04. The van der Waals surface area contributed by atoms with E-state index in [4.69, 9.17) is 5.73 Å². The zero-order valence-corrected chi connectivity index (χ0v) is 24.3. The summed E-state index contributed by atoms with van der Waals surface area (Å²) in [5, 5.41) is 25.0. The maximum absolute atomic E-state index is 14.0. The lowest BCUT2D eigenvalue weighted by Gasteiger charge is -2.14. The van der Waals surface area contributed by atoms with Crippen LogP contribution in [-0.2, 0) is 30.4 Å². The van der Waals surface area contributed by atoms with Crippen LogP contribution in [0.4, 0.5) is 32.8 Å². The van der Waals surface area contributed by atoms with Crippen molar-refractivity contribution in [1.29, 1.82) is 0 Å². The first kappa shape index (κ1) is 31.5. The van der Waals surface area contributed by atoms with Gasteiger partial charge in [-0.3, -0.25) is 13.7 Å². The number of aryl methyl sites for hydroxylation is 2. The summed E-state index contributed by atoms with van der Waals surface area (Å²) in [6.07, 6.45) is 0. The molecule has 0 aliphatic rings. The number of nitrogens with zero attached hydrogens (tertiary/aromatic N) is 4. The summed E-state index contributed by atoms with van der Waals surface area (Å²) in [5.74, 6) is -2.14. The number of azo groups is 2. The van der Waals surface area contributed by atoms with Crippen molar-refractivity contribution in [1.82, 2.24) is 0 Å². The average molecular weight is 654 g/mol. The van der Waals surface area contributed by atoms with Crippen molar-refractivity contribution < 1.29 is 48.4 Å². The van der Waals surface area contributed by atoms with Gasteiger partial charge in [0.05, 0.1) is 16.8 Å². The second kappa shape index (κ2) is 11.0. The lowest BCUT2D eigenvalue weighted by atomic mass is 10.1. The maximum atomic E-state index is 14.0. The molecule has 0 aliphatic carbocycles. The molecule has 4 aromatic carbocycles. The van der Waals surface area contributed by atoms with Gasteiger partial charge >= 0.3 is 0 Å². The van der Waals surface area contributed by atoms with Gasteiger partial charge in [-0.1, -0.05) is 17.7 Å². The molecule has 0 atom stereocenters. The third-order valence-electron chi connectivity index (χ3n) is 5.95. The van der Waals surface area contributed by atoms with Gasteiger partial charge in [0.1, 0.15) is 37.6 Å². The summed E-state index contributed by atoms with van der Waals surface area (Å²) < 4.78 is 116. The highest BCUT2D eigenvalue weighted by Crippen LogP contribution is 2.48. The fourth-order valence-corrected chi connectivity index (χ4v) is 5.81. The summed E-state index contributed by atoms with van der Waals surface area (Å²) in [7, 11) is -15.4. The van der Waals surface area contributed by atoms with Gasteiger partial charge in [0.25, 0.3) is 30.4 Å². The molecule has 0 unspecified atom stereocenters. The first-order valence-electron chi connectivity index (χ1n) is 11.5. The number of phenols is 1. The van der Waals surface area contributed by atoms with E-state index in [0.29, 0.717) is 18.2 Å². The summed E-state index contributed by atoms with van der Waals surface area (Å²) in [4.78, 5) is -3.13. The van der Waals surface area contributed by atoms with E-state index < -0.39 is 90.1 Å². The molecule has 43 heavy (non-hydrogen) atoms. The highest BCUT2D eigenvalue weighted by atomic mass is 32.2. The molecular weight excluding hydrogens is 633 g/mol. The number of hydrogen-bond acceptors (Lipinski definition) is 12. The lowest BCUT2D eigenvalue weighted by molar-refractivity contribution is 0.472. The first-order chi connectivity index (χ1) is 19.8. The van der Waals surface area contributed by atoms with Crippen LogP contribution in [0.5, 0.6) is 5.75 Å². The fraction of sp³-hybridized carbons (Fsp3) is 0.0833. The summed E-state index contributed by atoms with van der Waals surface area (Å²) in [5.41, 5.74) is 4.13. The van der Waals surface area contributed by atoms with E-state index in [-0.39, 0.29) is 11.3 Å². The molecule has 0 saturated carbocycles. The van der Waals surface area contributed by atoms with Gasteiger partial charge in [-0.25, -0.2) is 4.39 Å². The molecule has 0 heterocycles. The van der Waals surface area contributed by atoms with Crippen molar-refractivity contribution in [3.05, 3.63) is 65.5 Å². The predicted octanol–water partition coefficient (Wildman–Crippen LogP) is 5.45. The van der Waals surface area contributed by atoms with Crippen LogP contribution in [0.1, 0.15) is 11.1 Å². The molecule has 4 rings (SSSR count). The van der Waals surface area contributed by atoms with Crippen LogP contribution in [-0.4, -0.2) is 44.0 Å². The smallest absolute Gasteiger partial charge is 0.296 e. The Hall–Kier alpha value is -4.40. The van der Waals surface area contributed by atoms with Crippen LogP contribution in [0.15, 0.2) is 83.7 Å². The number of halogens is 1. The average Bonchev–Trinajstić information content (AvgIpc) is 2.88. The zero-order valence-electron chi connectivity index (χ0n) is 21.8. The Labute approximate surface area is 243 Å². The minimum Gasteiger partial charge on any atom is -0.505 e. The van der Waals surface area contributed by atoms with E-state index in [1.165, 1.54) is 19.1 Å². The summed E-state index contributed by atoms with van der Waals surface area (Å²) in [6.45, 7) is 3.03. The molecule has 15 nitrogen and oxygen atoms in total. The molecule has 0 bridgehead atoms. The number of phenolic OH excluding ortho intramolecular Hbond substituents is 1. The van der Waals surface area contributed by atoms with E-state index >= 15 is 0 Å². The molecule has 0 aliphatic heterocycles. The third kappa shape index (κ3) is 6.50. The minimum atomic E-state index is -5.26. The van der Waals surface area contributed by atoms with Crippen LogP contribution in [0.2, 0.25) is 0 Å². The Morgan fingerprint density at radius 1 is 0.698 bits per heavy atom. The Bertz CT molecular complexity index is 2200. The standard InChI is InChI=1S/C24H20FN5O10S3/c1-11-3-5-14(6-4-11)27-29-22-18(42(35,36)37)8-13-9-19(43(38,39)40)23(24(31)20(13)21(22)26)30-28-16-7-12(2)15(25)10-17(16)41(32,33)34/h3-10,31H,26H2,1-2H3,(H,32,33,34)(H,35,36,37)(H,38,39,40). The van der Waals surface area contributed by atoms with Gasteiger partial charge in [-0.05, 0) is 61.2 Å². The summed E-state index contributed by atoms with van der Waals surface area (Å²) >= 11 is 0. The van der Waals surface area contributed by atoms with E-state index in [9.17, 15) is 48.4 Å². The zero-order chi connectivity index (χ0) is 32.1. The monoisotopic (exact) mass is 653 g/mol. The van der Waals surface area contributed by atoms with Crippen LogP contribution in [0.3, 0.4) is 0 Å². The highest BCUT2D eigenvalue weighted by molar-refractivity contribution is 7.86. The van der Waals surface area contributed by atoms with E-state index in [2.05, 4.69) is 20.5 Å². The molecular formula is C24H20FN5O10S3. The Kier molecular flexibility index (Phi) is 8.08. The number of rotatable bonds is 7. The number of benzene rings is 4. The van der Waals surface area contributed by atoms with Crippen LogP contribution in [0, 0.1) is 19.7 Å². The minimum absolute atomic E-state index is 0.148. The van der Waals surface area contributed by atoms with E-state index in [1.807, 2.05) is 0 Å². The Balaban J connectivity index is 2.06. The van der Waals surface area contributed by atoms with Gasteiger partial charge in [0, 0.05) is 0 Å². The molecule has 19 heteroatoms. The number of fused-ring (bicyclic) bond motifs is 1. The predicted molar refractivity (Wildman–Crippen MR) is 150 cm³/mol. The molecule has 0 radical (unpaired) electrons. The van der Waals surface area contributed by atoms with Gasteiger partial charge in [-0.2, -0.15) is 30.4 Å². The quantitative estimate of drug-likeness (QED) is 0.0950. The number of aromatic hydroxyl groups is 1. The van der Waals surface area contributed by atoms with Gasteiger partial charge in [0.15, 0.2) is 5.75 Å². The van der Waals surface area contributed by atoms with Crippen molar-refractivity contribution in [3.8, 4) is 5.75 Å². The largest absolute Gasteiger partial charge is 0.505 e. The number of nitrogen functional groups attached to an aromatic ring is 1. The van der Waals surface area contributed by atoms with Crippen LogP contribution < -0.4 is 5.73 Å². The van der Waals surface area contributed by atoms with Crippen molar-refractivity contribution in [3.63, 3.8) is 0 Å². The van der Waals surface area contributed by atoms with E-state index in [0.717, 1.165) is 11.6 Å². The fourth-order valence-electron chi connectivity index (χ4n) is 3.86. The van der Waals surface area contributed by atoms with Gasteiger partial charge in [0.2, 0.25) is 0 Å². The maximum Gasteiger partial charge on any atom is 0.296 e. The first-order valence-corrected chi connectivity index (χ1v) is 15.9. The second-order valence-corrected chi connectivity index (χ2v) is 13.2. The summed E-state index contributed by atoms with van der Waals surface area (Å²) in [6, 6.07) is 9.07. The molecule has 6 N–H and O–H groups in total. The molecule has 0 fully saturated rings. The molecule has 0 amide bonds. The number of hydrogen-bond donors (Lipinski definition) is 5. The third-order valence-corrected chi connectivity index (χ3v) is 8.56. The topological polar surface area (TPSA) is 259 Å². The van der Waals surface area contributed by atoms with Gasteiger partial charge in [-0.15, -0.1) is 15.3 Å². The van der Waals surface area contributed by atoms with Crippen molar-refractivity contribution in [2.24, 2.45) is 20.5 Å². The van der Waals surface area contributed by atoms with Crippen molar-refractivity contribution >= 4 is 69.6 Å². The van der Waals surface area contributed by atoms with Crippen LogP contribution >= 0.6 is 0 Å². The normalized spacial score (nSPS) is 13.0. The number of nitrogens with two attached hydrogens (primary N) is 1. The molecule has 226 valence electrons. The Morgan fingerprint density at radius 3 is 1.74 bits per heavy atom. The molecule has 4 aromatic rings. The van der Waals surface area contributed by atoms with E-state index in [1.54, 1.807) is 19.1 Å².